The summed E-state index contributed by atoms with van der Waals surface area (Å²) in [7, 11) is 3.22. The van der Waals surface area contributed by atoms with Crippen molar-refractivity contribution in [3.8, 4) is 27.8 Å². The average molecular weight is 385 g/mol. The summed E-state index contributed by atoms with van der Waals surface area (Å²) in [6, 6.07) is 14.7. The SMILES string of the molecule is COc1ccc(OCCOC(=O)c2csc(-c3ccc(OC)cc3)n2)cc1. The molecule has 0 aliphatic heterocycles. The Hall–Kier alpha value is -3.06. The normalized spacial score (nSPS) is 10.3. The van der Waals surface area contributed by atoms with Crippen molar-refractivity contribution < 1.29 is 23.7 Å². The lowest BCUT2D eigenvalue weighted by molar-refractivity contribution is 0.0444. The van der Waals surface area contributed by atoms with E-state index in [1.54, 1.807) is 43.9 Å². The van der Waals surface area contributed by atoms with Gasteiger partial charge in [0.15, 0.2) is 5.69 Å². The van der Waals surface area contributed by atoms with E-state index in [-0.39, 0.29) is 18.9 Å². The third-order valence-electron chi connectivity index (χ3n) is 3.69. The maximum atomic E-state index is 12.1. The van der Waals surface area contributed by atoms with Crippen molar-refractivity contribution in [2.45, 2.75) is 0 Å². The molecule has 0 unspecified atom stereocenters. The van der Waals surface area contributed by atoms with E-state index in [4.69, 9.17) is 18.9 Å². The molecular weight excluding hydrogens is 366 g/mol. The first-order chi connectivity index (χ1) is 13.2. The zero-order valence-corrected chi connectivity index (χ0v) is 15.8. The van der Waals surface area contributed by atoms with Gasteiger partial charge in [0.1, 0.15) is 35.5 Å². The number of carbonyl (C=O) groups is 1. The third kappa shape index (κ3) is 4.98. The van der Waals surface area contributed by atoms with Gasteiger partial charge < -0.3 is 18.9 Å². The molecule has 1 aromatic heterocycles. The molecule has 1 heterocycles. The van der Waals surface area contributed by atoms with Crippen LogP contribution in [0.5, 0.6) is 17.2 Å². The summed E-state index contributed by atoms with van der Waals surface area (Å²) in [5.41, 5.74) is 1.21. The van der Waals surface area contributed by atoms with E-state index in [9.17, 15) is 4.79 Å². The van der Waals surface area contributed by atoms with Crippen LogP contribution in [0.15, 0.2) is 53.9 Å². The Morgan fingerprint density at radius 2 is 1.48 bits per heavy atom. The lowest BCUT2D eigenvalue weighted by Gasteiger charge is -2.07. The van der Waals surface area contributed by atoms with Gasteiger partial charge in [-0.05, 0) is 48.5 Å². The van der Waals surface area contributed by atoms with E-state index in [2.05, 4.69) is 4.98 Å². The van der Waals surface area contributed by atoms with Crippen molar-refractivity contribution in [1.29, 1.82) is 0 Å². The van der Waals surface area contributed by atoms with Gasteiger partial charge in [-0.1, -0.05) is 0 Å². The third-order valence-corrected chi connectivity index (χ3v) is 4.59. The minimum atomic E-state index is -0.468. The summed E-state index contributed by atoms with van der Waals surface area (Å²) in [6.45, 7) is 0.397. The Morgan fingerprint density at radius 3 is 2.11 bits per heavy atom. The predicted molar refractivity (Wildman–Crippen MR) is 103 cm³/mol. The van der Waals surface area contributed by atoms with Crippen LogP contribution in [0.3, 0.4) is 0 Å². The Kier molecular flexibility index (Phi) is 6.27. The van der Waals surface area contributed by atoms with E-state index in [0.717, 1.165) is 22.1 Å². The van der Waals surface area contributed by atoms with Gasteiger partial charge in [-0.3, -0.25) is 0 Å². The van der Waals surface area contributed by atoms with Gasteiger partial charge in [0.05, 0.1) is 14.2 Å². The number of benzene rings is 2. The first-order valence-corrected chi connectivity index (χ1v) is 9.11. The maximum absolute atomic E-state index is 12.1. The highest BCUT2D eigenvalue weighted by molar-refractivity contribution is 7.13. The van der Waals surface area contributed by atoms with E-state index < -0.39 is 5.97 Å². The molecule has 27 heavy (non-hydrogen) atoms. The molecule has 0 aliphatic carbocycles. The minimum Gasteiger partial charge on any atom is -0.497 e. The molecule has 3 aromatic rings. The smallest absolute Gasteiger partial charge is 0.357 e. The van der Waals surface area contributed by atoms with Crippen molar-refractivity contribution in [2.24, 2.45) is 0 Å². The lowest BCUT2D eigenvalue weighted by atomic mass is 10.2. The molecule has 0 fully saturated rings. The van der Waals surface area contributed by atoms with E-state index in [1.165, 1.54) is 11.3 Å². The van der Waals surface area contributed by atoms with Gasteiger partial charge in [-0.2, -0.15) is 0 Å². The van der Waals surface area contributed by atoms with Gasteiger partial charge in [-0.25, -0.2) is 9.78 Å². The molecule has 3 rings (SSSR count). The number of methoxy groups -OCH3 is 2. The fourth-order valence-electron chi connectivity index (χ4n) is 2.27. The largest absolute Gasteiger partial charge is 0.497 e. The van der Waals surface area contributed by atoms with Gasteiger partial charge in [0.25, 0.3) is 0 Å². The second-order valence-electron chi connectivity index (χ2n) is 5.43. The highest BCUT2D eigenvalue weighted by atomic mass is 32.1. The van der Waals surface area contributed by atoms with Crippen LogP contribution in [0.2, 0.25) is 0 Å². The summed E-state index contributed by atoms with van der Waals surface area (Å²) in [5.74, 6) is 1.74. The van der Waals surface area contributed by atoms with Crippen molar-refractivity contribution in [3.63, 3.8) is 0 Å². The van der Waals surface area contributed by atoms with Crippen LogP contribution in [0.4, 0.5) is 0 Å². The monoisotopic (exact) mass is 385 g/mol. The van der Waals surface area contributed by atoms with Gasteiger partial charge >= 0.3 is 5.97 Å². The number of rotatable bonds is 8. The van der Waals surface area contributed by atoms with Crippen molar-refractivity contribution >= 4 is 17.3 Å². The first-order valence-electron chi connectivity index (χ1n) is 8.23. The zero-order chi connectivity index (χ0) is 19.1. The van der Waals surface area contributed by atoms with Gasteiger partial charge in [0.2, 0.25) is 0 Å². The Bertz CT molecular complexity index is 874. The van der Waals surface area contributed by atoms with Crippen LogP contribution < -0.4 is 14.2 Å². The molecule has 0 amide bonds. The number of esters is 1. The summed E-state index contributed by atoms with van der Waals surface area (Å²) < 4.78 is 21.0. The van der Waals surface area contributed by atoms with Crippen LogP contribution in [0.1, 0.15) is 10.5 Å². The molecule has 0 aliphatic rings. The maximum Gasteiger partial charge on any atom is 0.357 e. The molecule has 0 bridgehead atoms. The molecule has 0 spiro atoms. The molecular formula is C20H19NO5S. The standard InChI is InChI=1S/C20H19NO5S/c1-23-15-5-3-14(4-6-15)19-21-18(13-27-19)20(22)26-12-11-25-17-9-7-16(24-2)8-10-17/h3-10,13H,11-12H2,1-2H3. The number of hydrogen-bond acceptors (Lipinski definition) is 7. The Labute approximate surface area is 161 Å². The van der Waals surface area contributed by atoms with E-state index >= 15 is 0 Å². The molecule has 0 radical (unpaired) electrons. The summed E-state index contributed by atoms with van der Waals surface area (Å²) in [5, 5.41) is 2.44. The molecule has 0 saturated heterocycles. The average Bonchev–Trinajstić information content (AvgIpc) is 3.22. The number of ether oxygens (including phenoxy) is 4. The van der Waals surface area contributed by atoms with Crippen LogP contribution in [-0.2, 0) is 4.74 Å². The number of aromatic nitrogens is 1. The molecule has 2 aromatic carbocycles. The lowest BCUT2D eigenvalue weighted by Crippen LogP contribution is -2.12. The van der Waals surface area contributed by atoms with Crippen LogP contribution in [0, 0.1) is 0 Å². The highest BCUT2D eigenvalue weighted by Crippen LogP contribution is 2.26. The summed E-state index contributed by atoms with van der Waals surface area (Å²) in [4.78, 5) is 16.5. The second-order valence-corrected chi connectivity index (χ2v) is 6.28. The van der Waals surface area contributed by atoms with Crippen LogP contribution >= 0.6 is 11.3 Å². The minimum absolute atomic E-state index is 0.139. The molecule has 7 heteroatoms. The molecule has 0 N–H and O–H groups in total. The highest BCUT2D eigenvalue weighted by Gasteiger charge is 2.13. The summed E-state index contributed by atoms with van der Waals surface area (Å²) >= 11 is 1.39. The molecule has 6 nitrogen and oxygen atoms in total. The Morgan fingerprint density at radius 1 is 0.889 bits per heavy atom. The first kappa shape index (κ1) is 18.7. The molecule has 0 saturated carbocycles. The van der Waals surface area contributed by atoms with E-state index in [1.807, 2.05) is 24.3 Å². The van der Waals surface area contributed by atoms with Crippen molar-refractivity contribution in [1.82, 2.24) is 4.98 Å². The van der Waals surface area contributed by atoms with E-state index in [0.29, 0.717) is 5.75 Å². The summed E-state index contributed by atoms with van der Waals surface area (Å²) in [6.07, 6.45) is 0. The van der Waals surface area contributed by atoms with Crippen molar-refractivity contribution in [2.75, 3.05) is 27.4 Å². The molecule has 140 valence electrons. The fraction of sp³-hybridized carbons (Fsp3) is 0.200. The van der Waals surface area contributed by atoms with Gasteiger partial charge in [0, 0.05) is 10.9 Å². The second kappa shape index (κ2) is 9.05. The quantitative estimate of drug-likeness (QED) is 0.430. The fourth-order valence-corrected chi connectivity index (χ4v) is 3.07. The zero-order valence-electron chi connectivity index (χ0n) is 15.0. The van der Waals surface area contributed by atoms with Crippen molar-refractivity contribution in [3.05, 3.63) is 59.6 Å². The Balaban J connectivity index is 1.48. The van der Waals surface area contributed by atoms with Crippen LogP contribution in [-0.4, -0.2) is 38.4 Å². The number of carbonyl (C=O) groups excluding carboxylic acids is 1. The number of nitrogens with zero attached hydrogens (tertiary/aromatic N) is 1. The topological polar surface area (TPSA) is 66.9 Å². The predicted octanol–water partition coefficient (Wildman–Crippen LogP) is 4.06. The molecule has 0 atom stereocenters. The van der Waals surface area contributed by atoms with Crippen LogP contribution in [0.25, 0.3) is 10.6 Å². The number of thiazole rings is 1. The number of hydrogen-bond donors (Lipinski definition) is 0. The van der Waals surface area contributed by atoms with Gasteiger partial charge in [-0.15, -0.1) is 11.3 Å².